The molecule has 0 bridgehead atoms. The fourth-order valence-electron chi connectivity index (χ4n) is 3.46. The van der Waals surface area contributed by atoms with E-state index < -0.39 is 0 Å². The molecule has 0 aliphatic carbocycles. The molecule has 4 aromatic carbocycles. The van der Waals surface area contributed by atoms with Gasteiger partial charge in [-0.25, -0.2) is 4.98 Å². The van der Waals surface area contributed by atoms with Crippen LogP contribution in [0.15, 0.2) is 104 Å². The molecule has 2 N–H and O–H groups in total. The maximum atomic E-state index is 9.93. The van der Waals surface area contributed by atoms with Crippen molar-refractivity contribution >= 4 is 31.9 Å². The number of phenolic OH excluding ortho intramolecular Hbond substituents is 2. The first kappa shape index (κ1) is 22.3. The number of nitrogens with zero attached hydrogens (tertiary/aromatic N) is 1. The van der Waals surface area contributed by atoms with E-state index in [-0.39, 0.29) is 11.5 Å². The number of hydrogen-bond acceptors (Lipinski definition) is 5. The van der Waals surface area contributed by atoms with Gasteiger partial charge in [-0.1, -0.05) is 42.5 Å². The molecule has 5 nitrogen and oxygen atoms in total. The first-order valence-electron chi connectivity index (χ1n) is 10.3. The Morgan fingerprint density at radius 3 is 1.94 bits per heavy atom. The van der Waals surface area contributed by atoms with E-state index in [2.05, 4.69) is 49.0 Å². The molecular weight excluding hydrogens is 562 g/mol. The average molecular weight is 579 g/mol. The Hall–Kier alpha value is -3.55. The van der Waals surface area contributed by atoms with Gasteiger partial charge in [-0.15, -0.1) is 0 Å². The molecule has 0 saturated heterocycles. The Bertz CT molecular complexity index is 1450. The number of aromatic nitrogens is 1. The smallest absolute Gasteiger partial charge is 0.228 e. The maximum Gasteiger partial charge on any atom is 0.228 e. The van der Waals surface area contributed by atoms with E-state index >= 15 is 0 Å². The molecule has 0 radical (unpaired) electrons. The number of halogens is 2. The van der Waals surface area contributed by atoms with Crippen LogP contribution in [-0.2, 0) is 0 Å². The molecule has 0 fully saturated rings. The second-order valence-electron chi connectivity index (χ2n) is 7.47. The minimum Gasteiger partial charge on any atom is -0.504 e. The topological polar surface area (TPSA) is 75.7 Å². The molecule has 168 valence electrons. The molecule has 1 aromatic heterocycles. The van der Waals surface area contributed by atoms with E-state index in [0.29, 0.717) is 31.9 Å². The number of ether oxygens (including phenoxy) is 1. The molecular formula is C27H17Br2NO4. The normalized spacial score (nSPS) is 10.9. The van der Waals surface area contributed by atoms with E-state index in [0.717, 1.165) is 22.4 Å². The summed E-state index contributed by atoms with van der Waals surface area (Å²) in [5, 5.41) is 19.8. The van der Waals surface area contributed by atoms with Crippen LogP contribution < -0.4 is 4.74 Å². The predicted octanol–water partition coefficient (Wildman–Crippen LogP) is 8.40. The van der Waals surface area contributed by atoms with Crippen molar-refractivity contribution in [2.45, 2.75) is 0 Å². The predicted molar refractivity (Wildman–Crippen MR) is 138 cm³/mol. The Labute approximate surface area is 212 Å². The number of rotatable bonds is 5. The molecule has 0 amide bonds. The lowest BCUT2D eigenvalue weighted by molar-refractivity contribution is 0.401. The summed E-state index contributed by atoms with van der Waals surface area (Å²) in [6.07, 6.45) is 1.61. The van der Waals surface area contributed by atoms with Crippen molar-refractivity contribution in [3.63, 3.8) is 0 Å². The summed E-state index contributed by atoms with van der Waals surface area (Å²) >= 11 is 6.63. The highest BCUT2D eigenvalue weighted by Crippen LogP contribution is 2.45. The summed E-state index contributed by atoms with van der Waals surface area (Å²) in [7, 11) is 0. The van der Waals surface area contributed by atoms with Crippen LogP contribution >= 0.6 is 31.9 Å². The van der Waals surface area contributed by atoms with Gasteiger partial charge in [0, 0.05) is 10.0 Å². The lowest BCUT2D eigenvalue weighted by Crippen LogP contribution is -1.85. The Morgan fingerprint density at radius 2 is 1.29 bits per heavy atom. The first-order valence-corrected chi connectivity index (χ1v) is 11.9. The molecule has 7 heteroatoms. The second kappa shape index (κ2) is 9.37. The SMILES string of the molecule is Oc1cc(-c2ncc(-c3ccc(Oc4ccc(-c5ccccc5)cc4)cc3)o2)c(Br)c(Br)c1O. The van der Waals surface area contributed by atoms with Crippen LogP contribution in [0.25, 0.3) is 33.9 Å². The molecule has 0 unspecified atom stereocenters. The van der Waals surface area contributed by atoms with Gasteiger partial charge in [0.2, 0.25) is 5.89 Å². The summed E-state index contributed by atoms with van der Waals surface area (Å²) in [5.41, 5.74) is 3.62. The lowest BCUT2D eigenvalue weighted by atomic mass is 10.1. The number of benzene rings is 4. The van der Waals surface area contributed by atoms with Gasteiger partial charge in [0.05, 0.1) is 16.2 Å². The van der Waals surface area contributed by atoms with E-state index in [9.17, 15) is 10.2 Å². The largest absolute Gasteiger partial charge is 0.504 e. The van der Waals surface area contributed by atoms with Crippen LogP contribution in [0.1, 0.15) is 0 Å². The molecule has 5 rings (SSSR count). The summed E-state index contributed by atoms with van der Waals surface area (Å²) < 4.78 is 12.7. The average Bonchev–Trinajstić information content (AvgIpc) is 3.36. The summed E-state index contributed by atoms with van der Waals surface area (Å²) in [6, 6.07) is 27.0. The molecule has 34 heavy (non-hydrogen) atoms. The second-order valence-corrected chi connectivity index (χ2v) is 9.05. The Morgan fingerprint density at radius 1 is 0.706 bits per heavy atom. The molecule has 0 aliphatic rings. The molecule has 0 spiro atoms. The van der Waals surface area contributed by atoms with Gasteiger partial charge >= 0.3 is 0 Å². The van der Waals surface area contributed by atoms with Crippen LogP contribution in [0.4, 0.5) is 0 Å². The summed E-state index contributed by atoms with van der Waals surface area (Å²) in [5.74, 6) is 1.78. The zero-order valence-corrected chi connectivity index (χ0v) is 20.7. The molecule has 0 saturated carbocycles. The van der Waals surface area contributed by atoms with Gasteiger partial charge in [-0.05, 0) is 85.5 Å². The molecule has 1 heterocycles. The van der Waals surface area contributed by atoms with Gasteiger partial charge in [-0.3, -0.25) is 0 Å². The Kier molecular flexibility index (Phi) is 6.13. The zero-order chi connectivity index (χ0) is 23.7. The summed E-state index contributed by atoms with van der Waals surface area (Å²) in [4.78, 5) is 4.32. The molecule has 0 aliphatic heterocycles. The van der Waals surface area contributed by atoms with Crippen molar-refractivity contribution < 1.29 is 19.4 Å². The monoisotopic (exact) mass is 577 g/mol. The fourth-order valence-corrected chi connectivity index (χ4v) is 4.35. The van der Waals surface area contributed by atoms with Crippen molar-refractivity contribution in [2.75, 3.05) is 0 Å². The number of oxazole rings is 1. The Balaban J connectivity index is 1.32. The van der Waals surface area contributed by atoms with Gasteiger partial charge in [0.15, 0.2) is 17.3 Å². The number of hydrogen-bond donors (Lipinski definition) is 2. The van der Waals surface area contributed by atoms with Crippen LogP contribution in [0, 0.1) is 0 Å². The van der Waals surface area contributed by atoms with Crippen LogP contribution in [0.2, 0.25) is 0 Å². The molecule has 5 aromatic rings. The van der Waals surface area contributed by atoms with Crippen molar-refractivity contribution in [2.24, 2.45) is 0 Å². The molecule has 0 atom stereocenters. The highest BCUT2D eigenvalue weighted by molar-refractivity contribution is 9.13. The van der Waals surface area contributed by atoms with Gasteiger partial charge < -0.3 is 19.4 Å². The maximum absolute atomic E-state index is 9.93. The highest BCUT2D eigenvalue weighted by atomic mass is 79.9. The minimum atomic E-state index is -0.275. The lowest BCUT2D eigenvalue weighted by Gasteiger charge is -2.08. The third kappa shape index (κ3) is 4.44. The van der Waals surface area contributed by atoms with Crippen LogP contribution in [0.3, 0.4) is 0 Å². The van der Waals surface area contributed by atoms with Crippen molar-refractivity contribution in [1.29, 1.82) is 0 Å². The number of aromatic hydroxyl groups is 2. The third-order valence-electron chi connectivity index (χ3n) is 5.23. The quantitative estimate of drug-likeness (QED) is 0.205. The van der Waals surface area contributed by atoms with Gasteiger partial charge in [0.1, 0.15) is 11.5 Å². The summed E-state index contributed by atoms with van der Waals surface area (Å²) in [6.45, 7) is 0. The zero-order valence-electron chi connectivity index (χ0n) is 17.6. The highest BCUT2D eigenvalue weighted by Gasteiger charge is 2.19. The third-order valence-corrected chi connectivity index (χ3v) is 7.36. The number of phenols is 2. The van der Waals surface area contributed by atoms with E-state index in [1.165, 1.54) is 6.07 Å². The van der Waals surface area contributed by atoms with E-state index in [1.54, 1.807) is 6.20 Å². The van der Waals surface area contributed by atoms with Crippen molar-refractivity contribution in [3.05, 3.63) is 100 Å². The van der Waals surface area contributed by atoms with Crippen LogP contribution in [0.5, 0.6) is 23.0 Å². The van der Waals surface area contributed by atoms with E-state index in [1.807, 2.05) is 66.7 Å². The van der Waals surface area contributed by atoms with Crippen molar-refractivity contribution in [1.82, 2.24) is 4.98 Å². The first-order chi connectivity index (χ1) is 16.5. The van der Waals surface area contributed by atoms with Crippen LogP contribution in [-0.4, -0.2) is 15.2 Å². The van der Waals surface area contributed by atoms with Crippen molar-refractivity contribution in [3.8, 4) is 56.9 Å². The van der Waals surface area contributed by atoms with E-state index in [4.69, 9.17) is 9.15 Å². The minimum absolute atomic E-state index is 0.257. The fraction of sp³-hybridized carbons (Fsp3) is 0. The van der Waals surface area contributed by atoms with Gasteiger partial charge in [-0.2, -0.15) is 0 Å². The van der Waals surface area contributed by atoms with Gasteiger partial charge in [0.25, 0.3) is 0 Å². The standard InChI is InChI=1S/C27H17Br2NO4/c28-24-21(14-22(31)26(32)25(24)29)27-30-15-23(34-27)18-8-12-20(13-9-18)33-19-10-6-17(7-11-19)16-4-2-1-3-5-16/h1-15,31-32H.